The highest BCUT2D eigenvalue weighted by Gasteiger charge is 2.50. The van der Waals surface area contributed by atoms with Crippen LogP contribution in [0.15, 0.2) is 23.4 Å². The Labute approximate surface area is 144 Å². The first-order valence-corrected chi connectivity index (χ1v) is 9.50. The van der Waals surface area contributed by atoms with Crippen molar-refractivity contribution < 1.29 is 4.39 Å². The highest BCUT2D eigenvalue weighted by molar-refractivity contribution is 7.98. The van der Waals surface area contributed by atoms with Crippen LogP contribution in [0.3, 0.4) is 0 Å². The Bertz CT molecular complexity index is 795. The van der Waals surface area contributed by atoms with E-state index in [1.807, 2.05) is 25.3 Å². The zero-order chi connectivity index (χ0) is 16.2. The minimum Gasteiger partial charge on any atom is -0.240 e. The van der Waals surface area contributed by atoms with E-state index in [2.05, 4.69) is 16.0 Å². The quantitative estimate of drug-likeness (QED) is 0.535. The van der Waals surface area contributed by atoms with Crippen molar-refractivity contribution in [2.24, 2.45) is 0 Å². The molecule has 2 aliphatic rings. The van der Waals surface area contributed by atoms with Crippen molar-refractivity contribution in [1.29, 1.82) is 0 Å². The Hall–Kier alpha value is -1.13. The molecule has 2 nitrogen and oxygen atoms in total. The molecule has 0 N–H and O–H groups in total. The van der Waals surface area contributed by atoms with Crippen LogP contribution in [0.1, 0.15) is 47.1 Å². The molecule has 2 aromatic rings. The SMILES string of the molecule is CSc1nc(C)c2c(n1)C(F)C1(CCc3c(Cl)cccc31)CC2. The maximum absolute atomic E-state index is 15.7. The second kappa shape index (κ2) is 5.45. The van der Waals surface area contributed by atoms with Crippen LogP contribution >= 0.6 is 23.4 Å². The molecular weight excluding hydrogens is 331 g/mol. The van der Waals surface area contributed by atoms with Gasteiger partial charge in [0.25, 0.3) is 0 Å². The number of aryl methyl sites for hydroxylation is 1. The van der Waals surface area contributed by atoms with Gasteiger partial charge in [-0.25, -0.2) is 14.4 Å². The monoisotopic (exact) mass is 348 g/mol. The number of hydrogen-bond donors (Lipinski definition) is 0. The molecule has 5 heteroatoms. The molecule has 120 valence electrons. The van der Waals surface area contributed by atoms with Crippen molar-refractivity contribution >= 4 is 23.4 Å². The fraction of sp³-hybridized carbons (Fsp3) is 0.444. The summed E-state index contributed by atoms with van der Waals surface area (Å²) in [6, 6.07) is 5.89. The van der Waals surface area contributed by atoms with E-state index in [9.17, 15) is 0 Å². The summed E-state index contributed by atoms with van der Waals surface area (Å²) in [4.78, 5) is 9.01. The van der Waals surface area contributed by atoms with E-state index in [0.29, 0.717) is 10.9 Å². The molecule has 1 heterocycles. The molecule has 1 spiro atoms. The number of nitrogens with zero attached hydrogens (tertiary/aromatic N) is 2. The Balaban J connectivity index is 1.87. The molecule has 0 saturated carbocycles. The van der Waals surface area contributed by atoms with Gasteiger partial charge in [-0.1, -0.05) is 35.5 Å². The van der Waals surface area contributed by atoms with Crippen LogP contribution in [0.4, 0.5) is 4.39 Å². The lowest BCUT2D eigenvalue weighted by Gasteiger charge is -2.38. The molecular formula is C18H18ClFN2S. The average Bonchev–Trinajstić information content (AvgIpc) is 2.92. The highest BCUT2D eigenvalue weighted by Crippen LogP contribution is 2.56. The zero-order valence-corrected chi connectivity index (χ0v) is 14.8. The van der Waals surface area contributed by atoms with Gasteiger partial charge in [-0.05, 0) is 61.6 Å². The minimum absolute atomic E-state index is 0.469. The first-order valence-electron chi connectivity index (χ1n) is 7.90. The molecule has 0 aliphatic heterocycles. The lowest BCUT2D eigenvalue weighted by atomic mass is 9.68. The van der Waals surface area contributed by atoms with Crippen molar-refractivity contribution in [3.8, 4) is 0 Å². The number of rotatable bonds is 1. The van der Waals surface area contributed by atoms with E-state index in [1.165, 1.54) is 11.8 Å². The molecule has 2 aliphatic carbocycles. The van der Waals surface area contributed by atoms with Crippen LogP contribution in [0, 0.1) is 6.92 Å². The number of thioether (sulfide) groups is 1. The van der Waals surface area contributed by atoms with E-state index in [-0.39, 0.29) is 0 Å². The number of alkyl halides is 1. The summed E-state index contributed by atoms with van der Waals surface area (Å²) in [5.74, 6) is 0. The largest absolute Gasteiger partial charge is 0.240 e. The van der Waals surface area contributed by atoms with Crippen LogP contribution in [-0.4, -0.2) is 16.2 Å². The van der Waals surface area contributed by atoms with Crippen LogP contribution in [0.5, 0.6) is 0 Å². The topological polar surface area (TPSA) is 25.8 Å². The summed E-state index contributed by atoms with van der Waals surface area (Å²) in [6.07, 6.45) is 4.14. The molecule has 0 radical (unpaired) electrons. The summed E-state index contributed by atoms with van der Waals surface area (Å²) < 4.78 is 15.7. The van der Waals surface area contributed by atoms with Gasteiger partial charge in [0.2, 0.25) is 0 Å². The Kier molecular flexibility index (Phi) is 3.65. The number of hydrogen-bond acceptors (Lipinski definition) is 3. The smallest absolute Gasteiger partial charge is 0.187 e. The first kappa shape index (κ1) is 15.4. The van der Waals surface area contributed by atoms with Gasteiger partial charge in [-0.3, -0.25) is 0 Å². The molecule has 0 fully saturated rings. The fourth-order valence-electron chi connectivity index (χ4n) is 4.22. The predicted molar refractivity (Wildman–Crippen MR) is 92.2 cm³/mol. The number of fused-ring (bicyclic) bond motifs is 3. The summed E-state index contributed by atoms with van der Waals surface area (Å²) in [6.45, 7) is 1.96. The van der Waals surface area contributed by atoms with E-state index >= 15 is 4.39 Å². The molecule has 1 aromatic carbocycles. The van der Waals surface area contributed by atoms with Crippen LogP contribution in [0.2, 0.25) is 5.02 Å². The Morgan fingerprint density at radius 3 is 2.70 bits per heavy atom. The van der Waals surface area contributed by atoms with E-state index in [0.717, 1.165) is 53.1 Å². The molecule has 4 rings (SSSR count). The maximum atomic E-state index is 15.7. The fourth-order valence-corrected chi connectivity index (χ4v) is 4.91. The first-order chi connectivity index (χ1) is 11.1. The van der Waals surface area contributed by atoms with Crippen molar-refractivity contribution in [3.63, 3.8) is 0 Å². The lowest BCUT2D eigenvalue weighted by molar-refractivity contribution is 0.154. The third-order valence-corrected chi connectivity index (χ3v) is 6.33. The van der Waals surface area contributed by atoms with Crippen molar-refractivity contribution in [2.75, 3.05) is 6.26 Å². The molecule has 0 amide bonds. The maximum Gasteiger partial charge on any atom is 0.187 e. The number of benzene rings is 1. The van der Waals surface area contributed by atoms with E-state index in [1.54, 1.807) is 0 Å². The zero-order valence-electron chi connectivity index (χ0n) is 13.2. The predicted octanol–water partition coefficient (Wildman–Crippen LogP) is 5.00. The van der Waals surface area contributed by atoms with Gasteiger partial charge in [0.1, 0.15) is 0 Å². The molecule has 23 heavy (non-hydrogen) atoms. The summed E-state index contributed by atoms with van der Waals surface area (Å²) in [7, 11) is 0. The van der Waals surface area contributed by atoms with Gasteiger partial charge in [0.15, 0.2) is 11.3 Å². The molecule has 1 aromatic heterocycles. The van der Waals surface area contributed by atoms with Gasteiger partial charge >= 0.3 is 0 Å². The second-order valence-corrected chi connectivity index (χ2v) is 7.62. The average molecular weight is 349 g/mol. The molecule has 0 saturated heterocycles. The van der Waals surface area contributed by atoms with Crippen molar-refractivity contribution in [1.82, 2.24) is 9.97 Å². The third kappa shape index (κ3) is 2.14. The molecule has 0 bridgehead atoms. The van der Waals surface area contributed by atoms with Gasteiger partial charge in [0, 0.05) is 16.1 Å². The van der Waals surface area contributed by atoms with Crippen molar-refractivity contribution in [2.45, 2.75) is 49.4 Å². The number of halogens is 2. The van der Waals surface area contributed by atoms with Gasteiger partial charge < -0.3 is 0 Å². The van der Waals surface area contributed by atoms with Crippen LogP contribution in [0.25, 0.3) is 0 Å². The van der Waals surface area contributed by atoms with Gasteiger partial charge in [-0.15, -0.1) is 0 Å². The lowest BCUT2D eigenvalue weighted by Crippen LogP contribution is -2.35. The Morgan fingerprint density at radius 1 is 1.22 bits per heavy atom. The summed E-state index contributed by atoms with van der Waals surface area (Å²) in [5, 5.41) is 1.42. The standard InChI is InChI=1S/C18H18ClFN2S/c1-10-11-6-8-18(16(20)15(11)22-17(21-10)23-2)9-7-12-13(18)4-3-5-14(12)19/h3-5,16H,6-9H2,1-2H3. The molecule has 2 atom stereocenters. The molecule has 2 unspecified atom stereocenters. The highest BCUT2D eigenvalue weighted by atomic mass is 35.5. The van der Waals surface area contributed by atoms with E-state index < -0.39 is 11.6 Å². The third-order valence-electron chi connectivity index (χ3n) is 5.43. The summed E-state index contributed by atoms with van der Waals surface area (Å²) >= 11 is 7.81. The number of aromatic nitrogens is 2. The second-order valence-electron chi connectivity index (χ2n) is 6.44. The van der Waals surface area contributed by atoms with Gasteiger partial charge in [0.05, 0.1) is 5.69 Å². The normalized spacial score (nSPS) is 25.5. The Morgan fingerprint density at radius 2 is 1.96 bits per heavy atom. The van der Waals surface area contributed by atoms with Gasteiger partial charge in [-0.2, -0.15) is 0 Å². The minimum atomic E-state index is -1.08. The summed E-state index contributed by atoms with van der Waals surface area (Å²) in [5.41, 5.74) is 4.25. The van der Waals surface area contributed by atoms with Crippen molar-refractivity contribution in [3.05, 3.63) is 51.3 Å². The van der Waals surface area contributed by atoms with E-state index in [4.69, 9.17) is 11.6 Å². The van der Waals surface area contributed by atoms with Crippen LogP contribution in [-0.2, 0) is 18.3 Å². The van der Waals surface area contributed by atoms with Crippen LogP contribution < -0.4 is 0 Å².